The monoisotopic (exact) mass is 517 g/mol. The van der Waals surface area contributed by atoms with Crippen LogP contribution in [0.5, 0.6) is 0 Å². The van der Waals surface area contributed by atoms with Crippen molar-refractivity contribution in [2.24, 2.45) is 13.0 Å². The number of nitrogens with one attached hydrogen (secondary N) is 2. The molecule has 200 valence electrons. The summed E-state index contributed by atoms with van der Waals surface area (Å²) in [5.41, 5.74) is 1.99. The van der Waals surface area contributed by atoms with Gasteiger partial charge >= 0.3 is 5.97 Å². The predicted molar refractivity (Wildman–Crippen MR) is 145 cm³/mol. The van der Waals surface area contributed by atoms with Crippen LogP contribution in [0.2, 0.25) is 0 Å². The van der Waals surface area contributed by atoms with Crippen LogP contribution in [-0.4, -0.2) is 46.8 Å². The molecule has 0 unspecified atom stereocenters. The Hall–Kier alpha value is -3.94. The summed E-state index contributed by atoms with van der Waals surface area (Å²) in [6, 6.07) is 15.0. The molecule has 0 saturated heterocycles. The molecule has 1 heterocycles. The molecule has 2 N–H and O–H groups in total. The quantitative estimate of drug-likeness (QED) is 0.293. The molecule has 0 radical (unpaired) electrons. The van der Waals surface area contributed by atoms with E-state index in [4.69, 9.17) is 4.74 Å². The largest absolute Gasteiger partial charge is 0.457 e. The van der Waals surface area contributed by atoms with Crippen LogP contribution in [0.1, 0.15) is 66.2 Å². The van der Waals surface area contributed by atoms with Gasteiger partial charge in [-0.2, -0.15) is 0 Å². The zero-order valence-electron chi connectivity index (χ0n) is 21.9. The summed E-state index contributed by atoms with van der Waals surface area (Å²) in [6.45, 7) is 1.70. The maximum atomic E-state index is 13.3. The molecule has 1 aromatic heterocycles. The minimum absolute atomic E-state index is 0.270. The number of aromatic nitrogens is 1. The number of unbranched alkanes of at least 4 members (excludes halogenated alkanes) is 1. The molecule has 0 aliphatic heterocycles. The molecular formula is C30H35N3O5. The fourth-order valence-electron chi connectivity index (χ4n) is 4.99. The summed E-state index contributed by atoms with van der Waals surface area (Å²) in [5, 5.41) is 6.83. The summed E-state index contributed by atoms with van der Waals surface area (Å²) in [5.74, 6) is -1.90. The third-order valence-electron chi connectivity index (χ3n) is 7.20. The van der Waals surface area contributed by atoms with E-state index in [2.05, 4.69) is 10.6 Å². The van der Waals surface area contributed by atoms with E-state index in [1.165, 1.54) is 0 Å². The van der Waals surface area contributed by atoms with Crippen molar-refractivity contribution >= 4 is 34.5 Å². The van der Waals surface area contributed by atoms with Gasteiger partial charge in [0, 0.05) is 41.3 Å². The Morgan fingerprint density at radius 2 is 1.82 bits per heavy atom. The molecule has 0 bridgehead atoms. The lowest BCUT2D eigenvalue weighted by Crippen LogP contribution is -2.51. The number of rotatable bonds is 11. The first-order valence-corrected chi connectivity index (χ1v) is 13.3. The second-order valence-electron chi connectivity index (χ2n) is 9.92. The van der Waals surface area contributed by atoms with Gasteiger partial charge in [-0.3, -0.25) is 19.2 Å². The molecule has 1 aliphatic carbocycles. The van der Waals surface area contributed by atoms with Gasteiger partial charge in [0.15, 0.2) is 12.4 Å². The van der Waals surface area contributed by atoms with Crippen LogP contribution < -0.4 is 10.6 Å². The van der Waals surface area contributed by atoms with Crippen LogP contribution in [0.4, 0.5) is 0 Å². The first-order chi connectivity index (χ1) is 18.4. The first kappa shape index (κ1) is 27.1. The number of ether oxygens (including phenoxy) is 1. The third kappa shape index (κ3) is 6.49. The highest BCUT2D eigenvalue weighted by atomic mass is 16.5. The van der Waals surface area contributed by atoms with E-state index in [1.54, 1.807) is 30.3 Å². The first-order valence-electron chi connectivity index (χ1n) is 13.3. The second-order valence-corrected chi connectivity index (χ2v) is 9.92. The zero-order chi connectivity index (χ0) is 27.1. The van der Waals surface area contributed by atoms with Crippen LogP contribution in [0, 0.1) is 5.92 Å². The summed E-state index contributed by atoms with van der Waals surface area (Å²) < 4.78 is 7.31. The molecule has 1 aliphatic rings. The summed E-state index contributed by atoms with van der Waals surface area (Å²) >= 11 is 0. The minimum atomic E-state index is -0.717. The highest BCUT2D eigenvalue weighted by Gasteiger charge is 2.36. The normalized spacial score (nSPS) is 17.6. The molecule has 3 atom stereocenters. The molecule has 8 nitrogen and oxygen atoms in total. The Morgan fingerprint density at radius 3 is 2.58 bits per heavy atom. The smallest absolute Gasteiger partial charge is 0.311 e. The fourth-order valence-corrected chi connectivity index (χ4v) is 4.99. The van der Waals surface area contributed by atoms with Crippen molar-refractivity contribution in [1.82, 2.24) is 15.2 Å². The number of hydrogen-bond donors (Lipinski definition) is 2. The number of ketones is 1. The average molecular weight is 518 g/mol. The highest BCUT2D eigenvalue weighted by molar-refractivity contribution is 6.00. The number of amides is 2. The van der Waals surface area contributed by atoms with E-state index in [0.717, 1.165) is 30.2 Å². The van der Waals surface area contributed by atoms with E-state index in [9.17, 15) is 19.2 Å². The van der Waals surface area contributed by atoms with Crippen LogP contribution in [-0.2, 0) is 21.4 Å². The zero-order valence-corrected chi connectivity index (χ0v) is 21.9. The Bertz CT molecular complexity index is 1300. The van der Waals surface area contributed by atoms with Gasteiger partial charge in [0.25, 0.3) is 5.91 Å². The number of carbonyl (C=O) groups excluding carboxylic acids is 4. The number of carbonyl (C=O) groups is 4. The standard InChI is InChI=1S/C30H35N3O5/c1-3-4-12-25(32-28(35)22-14-15-26-21(18-22)16-17-33(26)2)29(36)31-24-13-8-11-23(24)30(37)38-19-27(34)20-9-6-5-7-10-20/h5-7,9-10,14-18,23-25H,3-4,8,11-13,19H2,1-2H3,(H,31,36)(H,32,35)/t23-,24+,25+/m1/s1. The van der Waals surface area contributed by atoms with E-state index < -0.39 is 24.0 Å². The van der Waals surface area contributed by atoms with Gasteiger partial charge in [-0.15, -0.1) is 0 Å². The number of esters is 1. The van der Waals surface area contributed by atoms with Crippen LogP contribution in [0.25, 0.3) is 10.9 Å². The van der Waals surface area contributed by atoms with Crippen molar-refractivity contribution in [1.29, 1.82) is 0 Å². The highest BCUT2D eigenvalue weighted by Crippen LogP contribution is 2.27. The van der Waals surface area contributed by atoms with Crippen LogP contribution >= 0.6 is 0 Å². The molecule has 2 amide bonds. The number of Topliss-reactive ketones (excluding diaryl/α,β-unsaturated/α-hetero) is 1. The third-order valence-corrected chi connectivity index (χ3v) is 7.20. The Kier molecular flexibility index (Phi) is 8.94. The number of fused-ring (bicyclic) bond motifs is 1. The van der Waals surface area contributed by atoms with Gasteiger partial charge in [-0.05, 0) is 43.5 Å². The molecule has 0 spiro atoms. The van der Waals surface area contributed by atoms with Gasteiger partial charge in [0.05, 0.1) is 5.92 Å². The summed E-state index contributed by atoms with van der Waals surface area (Å²) in [6.07, 6.45) is 6.06. The molecule has 4 rings (SSSR count). The minimum Gasteiger partial charge on any atom is -0.457 e. The van der Waals surface area contributed by atoms with Crippen molar-refractivity contribution in [2.75, 3.05) is 6.61 Å². The number of nitrogens with zero attached hydrogens (tertiary/aromatic N) is 1. The van der Waals surface area contributed by atoms with Gasteiger partial charge in [0.2, 0.25) is 5.91 Å². The molecule has 3 aromatic rings. The van der Waals surface area contributed by atoms with Crippen molar-refractivity contribution in [3.05, 3.63) is 71.9 Å². The predicted octanol–water partition coefficient (Wildman–Crippen LogP) is 4.18. The molecule has 1 saturated carbocycles. The molecule has 1 fully saturated rings. The van der Waals surface area contributed by atoms with Crippen molar-refractivity contribution in [2.45, 2.75) is 57.5 Å². The average Bonchev–Trinajstić information content (AvgIpc) is 3.55. The van der Waals surface area contributed by atoms with Gasteiger partial charge in [-0.25, -0.2) is 0 Å². The van der Waals surface area contributed by atoms with Crippen LogP contribution in [0.3, 0.4) is 0 Å². The van der Waals surface area contributed by atoms with E-state index in [1.807, 2.05) is 49.0 Å². The summed E-state index contributed by atoms with van der Waals surface area (Å²) in [4.78, 5) is 51.4. The van der Waals surface area contributed by atoms with E-state index >= 15 is 0 Å². The Morgan fingerprint density at radius 1 is 1.03 bits per heavy atom. The number of aryl methyl sites for hydroxylation is 1. The lowest BCUT2D eigenvalue weighted by molar-refractivity contribution is -0.148. The number of benzene rings is 2. The number of hydrogen-bond acceptors (Lipinski definition) is 5. The van der Waals surface area contributed by atoms with Gasteiger partial charge < -0.3 is 19.9 Å². The second kappa shape index (κ2) is 12.5. The Labute approximate surface area is 222 Å². The van der Waals surface area contributed by atoms with Crippen molar-refractivity contribution in [3.63, 3.8) is 0 Å². The van der Waals surface area contributed by atoms with Gasteiger partial charge in [0.1, 0.15) is 6.04 Å². The topological polar surface area (TPSA) is 106 Å². The molecule has 38 heavy (non-hydrogen) atoms. The Balaban J connectivity index is 1.36. The van der Waals surface area contributed by atoms with E-state index in [-0.39, 0.29) is 24.2 Å². The maximum Gasteiger partial charge on any atom is 0.311 e. The molecular weight excluding hydrogens is 482 g/mol. The lowest BCUT2D eigenvalue weighted by atomic mass is 10.0. The van der Waals surface area contributed by atoms with Crippen molar-refractivity contribution in [3.8, 4) is 0 Å². The SMILES string of the molecule is CCCC[C@H](NC(=O)c1ccc2c(ccn2C)c1)C(=O)N[C@H]1CCC[C@H]1C(=O)OCC(=O)c1ccccc1. The molecule has 8 heteroatoms. The molecule has 2 aromatic carbocycles. The van der Waals surface area contributed by atoms with Crippen molar-refractivity contribution < 1.29 is 23.9 Å². The maximum absolute atomic E-state index is 13.3. The summed E-state index contributed by atoms with van der Waals surface area (Å²) in [7, 11) is 1.94. The van der Waals surface area contributed by atoms with Crippen LogP contribution in [0.15, 0.2) is 60.8 Å². The van der Waals surface area contributed by atoms with E-state index in [0.29, 0.717) is 30.4 Å². The van der Waals surface area contributed by atoms with Gasteiger partial charge in [-0.1, -0.05) is 56.5 Å². The fraction of sp³-hybridized carbons (Fsp3) is 0.400. The lowest BCUT2D eigenvalue weighted by Gasteiger charge is -2.24.